The molecule has 2 aromatic heterocycles. The van der Waals surface area contributed by atoms with E-state index < -0.39 is 0 Å². The molecule has 2 heterocycles. The van der Waals surface area contributed by atoms with Gasteiger partial charge in [-0.25, -0.2) is 0 Å². The third kappa shape index (κ3) is 5.95. The van der Waals surface area contributed by atoms with Crippen molar-refractivity contribution in [3.8, 4) is 39.1 Å². The molecule has 318 valence electrons. The van der Waals surface area contributed by atoms with Crippen molar-refractivity contribution in [1.82, 2.24) is 4.57 Å². The Morgan fingerprint density at radius 1 is 0.324 bits per heavy atom. The summed E-state index contributed by atoms with van der Waals surface area (Å²) in [6.45, 7) is 0. The van der Waals surface area contributed by atoms with Crippen molar-refractivity contribution in [3.63, 3.8) is 0 Å². The number of fused-ring (bicyclic) bond motifs is 10. The Labute approximate surface area is 400 Å². The van der Waals surface area contributed by atoms with Gasteiger partial charge in [-0.3, -0.25) is 0 Å². The van der Waals surface area contributed by atoms with Crippen molar-refractivity contribution in [2.45, 2.75) is 12.8 Å². The fourth-order valence-electron chi connectivity index (χ4n) is 11.8. The standard InChI is InChI=1S/C66H43NSe/c1-3-20-42(21-4-1)61-51-30-11-13-32-53(51)62(54-33-14-12-31-52(54)61)56-35-19-39-60-64(56)58-37-18-36-57(66(58)68-60)63-49-28-9-7-25-45(49)47(46-26-8-10-29-50(46)63)41-40-43-22-17-34-55-48-27-15-16-38-59(48)67(65(43)55)44-23-5-2-6-24-44/h1-39H,40-41H2. The minimum absolute atomic E-state index is 0.101. The van der Waals surface area contributed by atoms with E-state index in [-0.39, 0.29) is 14.5 Å². The van der Waals surface area contributed by atoms with Crippen LogP contribution in [0.25, 0.3) is 123 Å². The molecule has 0 atom stereocenters. The predicted molar refractivity (Wildman–Crippen MR) is 293 cm³/mol. The number of aromatic nitrogens is 1. The molecule has 0 unspecified atom stereocenters. The zero-order valence-corrected chi connectivity index (χ0v) is 39.0. The number of aryl methyl sites for hydroxylation is 2. The average Bonchev–Trinajstić information content (AvgIpc) is 3.97. The van der Waals surface area contributed by atoms with Gasteiger partial charge in [0, 0.05) is 0 Å². The summed E-state index contributed by atoms with van der Waals surface area (Å²) in [5, 5.41) is 15.9. The van der Waals surface area contributed by atoms with E-state index in [1.165, 1.54) is 134 Å². The number of para-hydroxylation sites is 3. The topological polar surface area (TPSA) is 4.93 Å². The Morgan fingerprint density at radius 3 is 1.46 bits per heavy atom. The summed E-state index contributed by atoms with van der Waals surface area (Å²) in [5.41, 5.74) is 14.4. The number of benzene rings is 12. The monoisotopic (exact) mass is 929 g/mol. The van der Waals surface area contributed by atoms with Gasteiger partial charge >= 0.3 is 348 Å². The van der Waals surface area contributed by atoms with E-state index in [1.54, 1.807) is 0 Å². The van der Waals surface area contributed by atoms with Gasteiger partial charge in [0.25, 0.3) is 0 Å². The van der Waals surface area contributed by atoms with Gasteiger partial charge in [0.05, 0.1) is 0 Å². The van der Waals surface area contributed by atoms with Crippen LogP contribution in [0.2, 0.25) is 0 Å². The molecule has 68 heavy (non-hydrogen) atoms. The molecule has 0 saturated heterocycles. The molecule has 14 aromatic rings. The van der Waals surface area contributed by atoms with Gasteiger partial charge in [-0.2, -0.15) is 0 Å². The maximum absolute atomic E-state index is 2.48. The van der Waals surface area contributed by atoms with Crippen molar-refractivity contribution in [1.29, 1.82) is 0 Å². The van der Waals surface area contributed by atoms with Crippen molar-refractivity contribution in [2.75, 3.05) is 0 Å². The summed E-state index contributed by atoms with van der Waals surface area (Å²) in [4.78, 5) is 0. The molecule has 1 nitrogen and oxygen atoms in total. The van der Waals surface area contributed by atoms with Gasteiger partial charge in [-0.1, -0.05) is 36.4 Å². The Hall–Kier alpha value is -8.00. The SMILES string of the molecule is c1ccc(-c2c3ccccc3c(-c3cccc4[se]c5c(-c6c7ccccc7c(CCc7cccc8c9ccccc9n(-c9ccccc9)c78)c7ccccc67)cccc5c34)c3ccccc23)cc1. The van der Waals surface area contributed by atoms with Gasteiger partial charge in [0.2, 0.25) is 0 Å². The van der Waals surface area contributed by atoms with Crippen LogP contribution in [0, 0.1) is 0 Å². The van der Waals surface area contributed by atoms with Crippen molar-refractivity contribution in [2.24, 2.45) is 0 Å². The first kappa shape index (κ1) is 39.2. The molecular formula is C66H43NSe. The van der Waals surface area contributed by atoms with Crippen LogP contribution in [0.3, 0.4) is 0 Å². The third-order valence-electron chi connectivity index (χ3n) is 14.5. The Balaban J connectivity index is 0.963. The molecule has 0 saturated carbocycles. The molecule has 0 spiro atoms. The van der Waals surface area contributed by atoms with Crippen LogP contribution in [0.5, 0.6) is 0 Å². The molecule has 0 amide bonds. The summed E-state index contributed by atoms with van der Waals surface area (Å²) < 4.78 is 5.40. The Morgan fingerprint density at radius 2 is 0.794 bits per heavy atom. The van der Waals surface area contributed by atoms with Crippen LogP contribution in [0.1, 0.15) is 11.1 Å². The minimum atomic E-state index is 0.101. The quantitative estimate of drug-likeness (QED) is 0.111. The second-order valence-electron chi connectivity index (χ2n) is 18.1. The first-order valence-electron chi connectivity index (χ1n) is 23.7. The van der Waals surface area contributed by atoms with E-state index in [1.807, 2.05) is 0 Å². The van der Waals surface area contributed by atoms with Crippen molar-refractivity contribution in [3.05, 3.63) is 248 Å². The van der Waals surface area contributed by atoms with Crippen molar-refractivity contribution >= 4 is 98.7 Å². The molecule has 12 aromatic carbocycles. The first-order chi connectivity index (χ1) is 33.8. The average molecular weight is 929 g/mol. The molecule has 0 bridgehead atoms. The van der Waals surface area contributed by atoms with Gasteiger partial charge in [-0.15, -0.1) is 0 Å². The molecule has 0 aliphatic heterocycles. The Kier molecular flexibility index (Phi) is 9.12. The third-order valence-corrected chi connectivity index (χ3v) is 17.1. The van der Waals surface area contributed by atoms with Gasteiger partial charge < -0.3 is 0 Å². The van der Waals surface area contributed by atoms with Gasteiger partial charge in [0.1, 0.15) is 0 Å². The maximum atomic E-state index is 2.48. The normalized spacial score (nSPS) is 11.9. The second kappa shape index (κ2) is 15.8. The first-order valence-corrected chi connectivity index (χ1v) is 25.4. The molecule has 0 aliphatic carbocycles. The molecule has 0 N–H and O–H groups in total. The summed E-state index contributed by atoms with van der Waals surface area (Å²) in [5.74, 6) is 0. The summed E-state index contributed by atoms with van der Waals surface area (Å²) >= 11 is 0.101. The fraction of sp³-hybridized carbons (Fsp3) is 0.0303. The van der Waals surface area contributed by atoms with Crippen LogP contribution >= 0.6 is 0 Å². The molecule has 0 fully saturated rings. The zero-order chi connectivity index (χ0) is 44.7. The Bertz CT molecular complexity index is 4190. The number of rotatable bonds is 7. The van der Waals surface area contributed by atoms with E-state index in [4.69, 9.17) is 0 Å². The number of nitrogens with zero attached hydrogens (tertiary/aromatic N) is 1. The molecule has 0 radical (unpaired) electrons. The molecule has 2 heteroatoms. The summed E-state index contributed by atoms with van der Waals surface area (Å²) in [7, 11) is 0. The van der Waals surface area contributed by atoms with Gasteiger partial charge in [0.15, 0.2) is 0 Å². The van der Waals surface area contributed by atoms with Crippen LogP contribution < -0.4 is 0 Å². The summed E-state index contributed by atoms with van der Waals surface area (Å²) in [6.07, 6.45) is 1.85. The van der Waals surface area contributed by atoms with Crippen LogP contribution in [-0.4, -0.2) is 19.1 Å². The van der Waals surface area contributed by atoms with Crippen LogP contribution in [0.4, 0.5) is 0 Å². The van der Waals surface area contributed by atoms with Gasteiger partial charge in [-0.05, 0) is 18.2 Å². The summed E-state index contributed by atoms with van der Waals surface area (Å²) in [6, 6.07) is 88.3. The number of hydrogen-bond donors (Lipinski definition) is 0. The van der Waals surface area contributed by atoms with E-state index in [0.717, 1.165) is 12.8 Å². The molecule has 14 rings (SSSR count). The number of hydrogen-bond acceptors (Lipinski definition) is 0. The van der Waals surface area contributed by atoms with Crippen molar-refractivity contribution < 1.29 is 0 Å². The van der Waals surface area contributed by atoms with E-state index in [2.05, 4.69) is 241 Å². The van der Waals surface area contributed by atoms with E-state index in [0.29, 0.717) is 0 Å². The zero-order valence-electron chi connectivity index (χ0n) is 37.3. The molecule has 0 aliphatic rings. The predicted octanol–water partition coefficient (Wildman–Crippen LogP) is 17.5. The van der Waals surface area contributed by atoms with E-state index >= 15 is 0 Å². The van der Waals surface area contributed by atoms with Crippen LogP contribution in [0.15, 0.2) is 237 Å². The fourth-order valence-corrected chi connectivity index (χ4v) is 14.4. The molecular weight excluding hydrogens is 886 g/mol. The van der Waals surface area contributed by atoms with Crippen LogP contribution in [-0.2, 0) is 12.8 Å². The van der Waals surface area contributed by atoms with E-state index in [9.17, 15) is 0 Å². The second-order valence-corrected chi connectivity index (χ2v) is 20.3.